The van der Waals surface area contributed by atoms with Crippen molar-refractivity contribution in [1.82, 2.24) is 10.6 Å². The third-order valence-electron chi connectivity index (χ3n) is 4.83. The summed E-state index contributed by atoms with van der Waals surface area (Å²) in [4.78, 5) is 40.4. The number of anilines is 1. The van der Waals surface area contributed by atoms with Crippen LogP contribution in [0.1, 0.15) is 45.1 Å². The van der Waals surface area contributed by atoms with E-state index in [1.807, 2.05) is 0 Å². The fourth-order valence-electron chi connectivity index (χ4n) is 3.66. The molecule has 1 aliphatic heterocycles. The van der Waals surface area contributed by atoms with Crippen LogP contribution >= 0.6 is 0 Å². The zero-order valence-corrected chi connectivity index (χ0v) is 18.2. The number of fused-ring (bicyclic) bond motifs is 1. The Hall–Kier alpha value is -3.49. The first-order valence-electron chi connectivity index (χ1n) is 9.95. The van der Waals surface area contributed by atoms with Crippen molar-refractivity contribution in [2.24, 2.45) is 0 Å². The molecule has 0 saturated heterocycles. The highest BCUT2D eigenvalue weighted by molar-refractivity contribution is 6.09. The minimum atomic E-state index is -1.72. The normalized spacial score (nSPS) is 18.9. The number of rotatable bonds is 5. The van der Waals surface area contributed by atoms with Gasteiger partial charge in [-0.3, -0.25) is 4.79 Å². The van der Waals surface area contributed by atoms with Gasteiger partial charge in [0.15, 0.2) is 5.54 Å². The predicted octanol–water partition coefficient (Wildman–Crippen LogP) is 3.46. The van der Waals surface area contributed by atoms with Gasteiger partial charge in [-0.2, -0.15) is 0 Å². The van der Waals surface area contributed by atoms with E-state index in [1.165, 1.54) is 11.2 Å². The summed E-state index contributed by atoms with van der Waals surface area (Å²) in [7, 11) is 1.60. The maximum absolute atomic E-state index is 13.6. The van der Waals surface area contributed by atoms with Crippen molar-refractivity contribution in [3.8, 4) is 0 Å². The molecule has 1 unspecified atom stereocenters. The van der Waals surface area contributed by atoms with Crippen LogP contribution in [0.2, 0.25) is 0 Å². The maximum atomic E-state index is 13.6. The molecule has 2 aromatic rings. The standard InChI is InChI=1S/C22H27N3O6/c1-6-29-20(28)24-22(14-10-7-8-11-15(14)25(5)18(22)26)17(16-12-9-13-30-16)23-19(27)31-21(2,3)4/h7-13,17H,6H2,1-5H3,(H,23,27)(H,24,28)/t17-,22?/m1/s1. The molecular weight excluding hydrogens is 402 g/mol. The van der Waals surface area contributed by atoms with Gasteiger partial charge in [-0.05, 0) is 45.9 Å². The summed E-state index contributed by atoms with van der Waals surface area (Å²) in [5.74, 6) is -0.194. The number of benzene rings is 1. The van der Waals surface area contributed by atoms with Crippen LogP contribution in [0.3, 0.4) is 0 Å². The molecular formula is C22H27N3O6. The maximum Gasteiger partial charge on any atom is 0.408 e. The van der Waals surface area contributed by atoms with E-state index in [0.717, 1.165) is 0 Å². The van der Waals surface area contributed by atoms with E-state index >= 15 is 0 Å². The average molecular weight is 429 g/mol. The largest absolute Gasteiger partial charge is 0.467 e. The molecule has 0 radical (unpaired) electrons. The lowest BCUT2D eigenvalue weighted by atomic mass is 9.82. The highest BCUT2D eigenvalue weighted by Crippen LogP contribution is 2.47. The fourth-order valence-corrected chi connectivity index (χ4v) is 3.66. The zero-order chi connectivity index (χ0) is 22.8. The molecule has 0 fully saturated rings. The molecule has 0 aliphatic carbocycles. The van der Waals surface area contributed by atoms with E-state index < -0.39 is 35.3 Å². The Morgan fingerprint density at radius 1 is 1.16 bits per heavy atom. The van der Waals surface area contributed by atoms with Crippen LogP contribution in [-0.4, -0.2) is 37.3 Å². The van der Waals surface area contributed by atoms with Crippen molar-refractivity contribution < 1.29 is 28.3 Å². The summed E-state index contributed by atoms with van der Waals surface area (Å²) in [6.45, 7) is 6.95. The van der Waals surface area contributed by atoms with Gasteiger partial charge in [-0.25, -0.2) is 9.59 Å². The summed E-state index contributed by atoms with van der Waals surface area (Å²) in [6.07, 6.45) is -0.145. The molecule has 0 spiro atoms. The SMILES string of the molecule is CCOC(=O)NC1([C@H](NC(=O)OC(C)(C)C)c2ccco2)C(=O)N(C)c2ccccc21. The number of nitrogens with zero attached hydrogens (tertiary/aromatic N) is 1. The summed E-state index contributed by atoms with van der Waals surface area (Å²) in [5, 5.41) is 5.43. The van der Waals surface area contributed by atoms with Crippen molar-refractivity contribution >= 4 is 23.8 Å². The number of ether oxygens (including phenoxy) is 2. The second-order valence-corrected chi connectivity index (χ2v) is 8.13. The van der Waals surface area contributed by atoms with Gasteiger partial charge < -0.3 is 29.4 Å². The van der Waals surface area contributed by atoms with Crippen molar-refractivity contribution in [2.45, 2.75) is 44.9 Å². The number of furan rings is 1. The van der Waals surface area contributed by atoms with E-state index in [0.29, 0.717) is 11.3 Å². The molecule has 0 bridgehead atoms. The van der Waals surface area contributed by atoms with Crippen LogP contribution in [0.4, 0.5) is 15.3 Å². The third-order valence-corrected chi connectivity index (χ3v) is 4.83. The first-order valence-corrected chi connectivity index (χ1v) is 9.95. The molecule has 3 amide bonds. The quantitative estimate of drug-likeness (QED) is 0.753. The lowest BCUT2D eigenvalue weighted by Gasteiger charge is -2.36. The second kappa shape index (κ2) is 8.33. The molecule has 1 aliphatic rings. The van der Waals surface area contributed by atoms with Gasteiger partial charge in [-0.15, -0.1) is 0 Å². The number of hydrogen-bond acceptors (Lipinski definition) is 6. The van der Waals surface area contributed by atoms with Crippen LogP contribution in [-0.2, 0) is 19.8 Å². The van der Waals surface area contributed by atoms with Crippen molar-refractivity contribution in [2.75, 3.05) is 18.6 Å². The van der Waals surface area contributed by atoms with Crippen LogP contribution in [0, 0.1) is 0 Å². The minimum absolute atomic E-state index is 0.110. The number of hydrogen-bond donors (Lipinski definition) is 2. The number of carbonyl (C=O) groups is 3. The van der Waals surface area contributed by atoms with E-state index in [2.05, 4.69) is 10.6 Å². The number of amides is 3. The molecule has 166 valence electrons. The number of para-hydroxylation sites is 1. The summed E-state index contributed by atoms with van der Waals surface area (Å²) in [6, 6.07) is 9.15. The molecule has 2 atom stereocenters. The van der Waals surface area contributed by atoms with Gasteiger partial charge in [-0.1, -0.05) is 18.2 Å². The lowest BCUT2D eigenvalue weighted by molar-refractivity contribution is -0.125. The summed E-state index contributed by atoms with van der Waals surface area (Å²) >= 11 is 0. The Balaban J connectivity index is 2.17. The van der Waals surface area contributed by atoms with Gasteiger partial charge in [0.1, 0.15) is 17.4 Å². The van der Waals surface area contributed by atoms with Gasteiger partial charge in [0.05, 0.1) is 12.9 Å². The van der Waals surface area contributed by atoms with Crippen molar-refractivity contribution in [3.05, 3.63) is 54.0 Å². The van der Waals surface area contributed by atoms with E-state index in [4.69, 9.17) is 13.9 Å². The molecule has 2 heterocycles. The topological polar surface area (TPSA) is 110 Å². The summed E-state index contributed by atoms with van der Waals surface area (Å²) < 4.78 is 16.1. The molecule has 3 rings (SSSR count). The monoisotopic (exact) mass is 429 g/mol. The van der Waals surface area contributed by atoms with Crippen LogP contribution in [0.15, 0.2) is 47.1 Å². The van der Waals surface area contributed by atoms with Crippen LogP contribution in [0.5, 0.6) is 0 Å². The number of alkyl carbamates (subject to hydrolysis) is 2. The van der Waals surface area contributed by atoms with E-state index in [1.54, 1.807) is 71.1 Å². The van der Waals surface area contributed by atoms with Crippen molar-refractivity contribution in [1.29, 1.82) is 0 Å². The Kier molecular flexibility index (Phi) is 5.97. The smallest absolute Gasteiger partial charge is 0.408 e. The Morgan fingerprint density at radius 3 is 2.48 bits per heavy atom. The number of nitrogens with one attached hydrogen (secondary N) is 2. The Morgan fingerprint density at radius 2 is 1.87 bits per heavy atom. The van der Waals surface area contributed by atoms with Gasteiger partial charge >= 0.3 is 12.2 Å². The molecule has 1 aromatic heterocycles. The molecule has 31 heavy (non-hydrogen) atoms. The first-order chi connectivity index (χ1) is 14.6. The Bertz CT molecular complexity index is 966. The van der Waals surface area contributed by atoms with Gasteiger partial charge in [0, 0.05) is 18.3 Å². The molecule has 2 N–H and O–H groups in total. The molecule has 1 aromatic carbocycles. The van der Waals surface area contributed by atoms with E-state index in [-0.39, 0.29) is 12.4 Å². The van der Waals surface area contributed by atoms with Gasteiger partial charge in [0.25, 0.3) is 5.91 Å². The van der Waals surface area contributed by atoms with E-state index in [9.17, 15) is 14.4 Å². The van der Waals surface area contributed by atoms with Gasteiger partial charge in [0.2, 0.25) is 0 Å². The average Bonchev–Trinajstić information content (AvgIpc) is 3.28. The highest BCUT2D eigenvalue weighted by atomic mass is 16.6. The fraction of sp³-hybridized carbons (Fsp3) is 0.409. The molecule has 9 heteroatoms. The molecule has 9 nitrogen and oxygen atoms in total. The molecule has 0 saturated carbocycles. The zero-order valence-electron chi connectivity index (χ0n) is 18.2. The van der Waals surface area contributed by atoms with Crippen LogP contribution < -0.4 is 15.5 Å². The third kappa shape index (κ3) is 4.21. The van der Waals surface area contributed by atoms with Crippen molar-refractivity contribution in [3.63, 3.8) is 0 Å². The highest BCUT2D eigenvalue weighted by Gasteiger charge is 2.58. The Labute approximate surface area is 180 Å². The predicted molar refractivity (Wildman–Crippen MR) is 113 cm³/mol. The van der Waals surface area contributed by atoms with Crippen LogP contribution in [0.25, 0.3) is 0 Å². The summed E-state index contributed by atoms with van der Waals surface area (Å²) in [5.41, 5.74) is -1.40. The number of likely N-dealkylation sites (N-methyl/N-ethyl adjacent to an activating group) is 1. The lowest BCUT2D eigenvalue weighted by Crippen LogP contribution is -2.60. The first kappa shape index (κ1) is 22.2. The minimum Gasteiger partial charge on any atom is -0.467 e. The number of carbonyl (C=O) groups excluding carboxylic acids is 3. The second-order valence-electron chi connectivity index (χ2n) is 8.13.